The summed E-state index contributed by atoms with van der Waals surface area (Å²) in [6.45, 7) is 6.06. The molecular weight excluding hydrogens is 350 g/mol. The minimum absolute atomic E-state index is 0. The van der Waals surface area contributed by atoms with E-state index in [9.17, 15) is 5.11 Å². The molecule has 2 N–H and O–H groups in total. The molecule has 142 valence electrons. The number of morpholine rings is 1. The zero-order valence-electron chi connectivity index (χ0n) is 15.4. The third kappa shape index (κ3) is 4.77. The Labute approximate surface area is 161 Å². The van der Waals surface area contributed by atoms with Crippen LogP contribution in [0.1, 0.15) is 25.0 Å². The molecule has 1 saturated heterocycles. The standard InChI is InChI=1S/C21H27NO3.ClH/c1-16(2)25-19-11-7-6-8-17(19)14-21(23,18-9-4-3-5-10-18)20-15-22-12-13-24-20;/h3-11,16,20,22-23H,12-15H2,1-2H3;1H/t20-,21+;/m0./s1. The van der Waals surface area contributed by atoms with Crippen LogP contribution in [0, 0.1) is 0 Å². The lowest BCUT2D eigenvalue weighted by Gasteiger charge is -2.39. The lowest BCUT2D eigenvalue weighted by atomic mass is 9.81. The lowest BCUT2D eigenvalue weighted by molar-refractivity contribution is -0.124. The zero-order valence-corrected chi connectivity index (χ0v) is 16.2. The van der Waals surface area contributed by atoms with Gasteiger partial charge in [0.25, 0.3) is 0 Å². The van der Waals surface area contributed by atoms with E-state index in [4.69, 9.17) is 9.47 Å². The summed E-state index contributed by atoms with van der Waals surface area (Å²) in [4.78, 5) is 0. The molecule has 2 aromatic carbocycles. The smallest absolute Gasteiger partial charge is 0.122 e. The van der Waals surface area contributed by atoms with Crippen molar-refractivity contribution < 1.29 is 14.6 Å². The van der Waals surface area contributed by atoms with Crippen LogP contribution in [0.3, 0.4) is 0 Å². The van der Waals surface area contributed by atoms with E-state index in [0.717, 1.165) is 23.4 Å². The van der Waals surface area contributed by atoms with E-state index in [2.05, 4.69) is 5.32 Å². The maximum atomic E-state index is 11.7. The Balaban J connectivity index is 0.00000243. The molecule has 0 amide bonds. The molecule has 1 fully saturated rings. The second-order valence-corrected chi connectivity index (χ2v) is 6.80. The van der Waals surface area contributed by atoms with Crippen LogP contribution in [0.25, 0.3) is 0 Å². The van der Waals surface area contributed by atoms with Crippen LogP contribution in [0.15, 0.2) is 54.6 Å². The van der Waals surface area contributed by atoms with E-state index >= 15 is 0 Å². The van der Waals surface area contributed by atoms with Gasteiger partial charge in [-0.2, -0.15) is 0 Å². The molecule has 0 bridgehead atoms. The quantitative estimate of drug-likeness (QED) is 0.810. The van der Waals surface area contributed by atoms with Crippen LogP contribution in [-0.4, -0.2) is 37.0 Å². The van der Waals surface area contributed by atoms with Crippen molar-refractivity contribution in [2.24, 2.45) is 0 Å². The number of rotatable bonds is 6. The highest BCUT2D eigenvalue weighted by Gasteiger charge is 2.41. The maximum absolute atomic E-state index is 11.7. The van der Waals surface area contributed by atoms with Crippen LogP contribution in [0.5, 0.6) is 5.75 Å². The largest absolute Gasteiger partial charge is 0.491 e. The minimum atomic E-state index is -1.12. The van der Waals surface area contributed by atoms with Gasteiger partial charge in [-0.25, -0.2) is 0 Å². The number of benzene rings is 2. The molecule has 2 atom stereocenters. The fourth-order valence-electron chi connectivity index (χ4n) is 3.31. The van der Waals surface area contributed by atoms with Crippen molar-refractivity contribution >= 4 is 12.4 Å². The van der Waals surface area contributed by atoms with Crippen molar-refractivity contribution in [2.75, 3.05) is 19.7 Å². The number of hydrogen-bond donors (Lipinski definition) is 2. The Kier molecular flexibility index (Phi) is 7.47. The van der Waals surface area contributed by atoms with Gasteiger partial charge in [-0.15, -0.1) is 12.4 Å². The van der Waals surface area contributed by atoms with Gasteiger partial charge in [0.05, 0.1) is 12.7 Å². The van der Waals surface area contributed by atoms with E-state index in [0.29, 0.717) is 19.6 Å². The van der Waals surface area contributed by atoms with Crippen molar-refractivity contribution in [3.8, 4) is 5.75 Å². The third-order valence-electron chi connectivity index (χ3n) is 4.53. The normalized spacial score (nSPS) is 19.5. The molecule has 0 spiro atoms. The highest BCUT2D eigenvalue weighted by molar-refractivity contribution is 5.85. The van der Waals surface area contributed by atoms with E-state index in [1.54, 1.807) is 0 Å². The first kappa shape index (κ1) is 20.7. The second kappa shape index (κ2) is 9.38. The van der Waals surface area contributed by atoms with Crippen molar-refractivity contribution in [2.45, 2.75) is 38.1 Å². The van der Waals surface area contributed by atoms with Crippen LogP contribution in [0.2, 0.25) is 0 Å². The highest BCUT2D eigenvalue weighted by Crippen LogP contribution is 2.35. The fraction of sp³-hybridized carbons (Fsp3) is 0.429. The van der Waals surface area contributed by atoms with Gasteiger partial charge in [0.2, 0.25) is 0 Å². The summed E-state index contributed by atoms with van der Waals surface area (Å²) in [5.74, 6) is 0.815. The minimum Gasteiger partial charge on any atom is -0.491 e. The summed E-state index contributed by atoms with van der Waals surface area (Å²) in [7, 11) is 0. The van der Waals surface area contributed by atoms with E-state index < -0.39 is 5.60 Å². The maximum Gasteiger partial charge on any atom is 0.122 e. The highest BCUT2D eigenvalue weighted by atomic mass is 35.5. The molecule has 1 aliphatic rings. The average Bonchev–Trinajstić information content (AvgIpc) is 2.64. The van der Waals surface area contributed by atoms with Gasteiger partial charge in [-0.3, -0.25) is 0 Å². The molecule has 26 heavy (non-hydrogen) atoms. The summed E-state index contributed by atoms with van der Waals surface area (Å²) in [5, 5.41) is 15.0. The number of nitrogens with one attached hydrogen (secondary N) is 1. The van der Waals surface area contributed by atoms with Gasteiger partial charge < -0.3 is 19.9 Å². The van der Waals surface area contributed by atoms with Gasteiger partial charge in [0, 0.05) is 19.5 Å². The number of para-hydroxylation sites is 1. The van der Waals surface area contributed by atoms with Gasteiger partial charge in [-0.1, -0.05) is 48.5 Å². The van der Waals surface area contributed by atoms with Gasteiger partial charge in [-0.05, 0) is 31.0 Å². The number of hydrogen-bond acceptors (Lipinski definition) is 4. The van der Waals surface area contributed by atoms with Crippen molar-refractivity contribution in [3.05, 3.63) is 65.7 Å². The summed E-state index contributed by atoms with van der Waals surface area (Å²) in [5.41, 5.74) is 0.727. The Morgan fingerprint density at radius 2 is 1.85 bits per heavy atom. The first-order valence-electron chi connectivity index (χ1n) is 8.94. The second-order valence-electron chi connectivity index (χ2n) is 6.80. The van der Waals surface area contributed by atoms with Gasteiger partial charge in [0.1, 0.15) is 17.5 Å². The molecule has 5 heteroatoms. The number of aliphatic hydroxyl groups is 1. The molecule has 0 unspecified atom stereocenters. The molecule has 0 saturated carbocycles. The summed E-state index contributed by atoms with van der Waals surface area (Å²) >= 11 is 0. The van der Waals surface area contributed by atoms with Crippen molar-refractivity contribution in [1.82, 2.24) is 5.32 Å². The van der Waals surface area contributed by atoms with Crippen molar-refractivity contribution in [1.29, 1.82) is 0 Å². The van der Waals surface area contributed by atoms with Crippen LogP contribution >= 0.6 is 12.4 Å². The van der Waals surface area contributed by atoms with Crippen LogP contribution < -0.4 is 10.1 Å². The van der Waals surface area contributed by atoms with Gasteiger partial charge in [0.15, 0.2) is 0 Å². The predicted molar refractivity (Wildman–Crippen MR) is 106 cm³/mol. The third-order valence-corrected chi connectivity index (χ3v) is 4.53. The Bertz CT molecular complexity index is 674. The van der Waals surface area contributed by atoms with Gasteiger partial charge >= 0.3 is 0 Å². The van der Waals surface area contributed by atoms with Crippen molar-refractivity contribution in [3.63, 3.8) is 0 Å². The summed E-state index contributed by atoms with van der Waals surface area (Å²) in [6.07, 6.45) is 0.209. The molecule has 2 aromatic rings. The van der Waals surface area contributed by atoms with Crippen LogP contribution in [-0.2, 0) is 16.8 Å². The SMILES string of the molecule is CC(C)Oc1ccccc1C[C@@](O)(c1ccccc1)[C@@H]1CNCCO1.Cl. The van der Waals surface area contributed by atoms with E-state index in [1.807, 2.05) is 68.4 Å². The zero-order chi connectivity index (χ0) is 17.7. The molecule has 0 radical (unpaired) electrons. The van der Waals surface area contributed by atoms with E-state index in [-0.39, 0.29) is 24.6 Å². The lowest BCUT2D eigenvalue weighted by Crippen LogP contribution is -2.52. The fourth-order valence-corrected chi connectivity index (χ4v) is 3.31. The average molecular weight is 378 g/mol. The Morgan fingerprint density at radius 3 is 2.50 bits per heavy atom. The molecular formula is C21H28ClNO3. The number of halogens is 1. The molecule has 4 nitrogen and oxygen atoms in total. The predicted octanol–water partition coefficient (Wildman–Crippen LogP) is 3.31. The monoisotopic (exact) mass is 377 g/mol. The molecule has 1 aliphatic heterocycles. The topological polar surface area (TPSA) is 50.7 Å². The first-order chi connectivity index (χ1) is 12.1. The molecule has 0 aromatic heterocycles. The Hall–Kier alpha value is -1.59. The molecule has 1 heterocycles. The van der Waals surface area contributed by atoms with E-state index in [1.165, 1.54) is 0 Å². The molecule has 3 rings (SSSR count). The van der Waals surface area contributed by atoms with Crippen LogP contribution in [0.4, 0.5) is 0 Å². The number of ether oxygens (including phenoxy) is 2. The summed E-state index contributed by atoms with van der Waals surface area (Å²) in [6, 6.07) is 17.7. The first-order valence-corrected chi connectivity index (χ1v) is 8.94. The Morgan fingerprint density at radius 1 is 1.15 bits per heavy atom. The summed E-state index contributed by atoms with van der Waals surface area (Å²) < 4.78 is 11.9. The molecule has 0 aliphatic carbocycles.